The molecule has 1 aromatic carbocycles. The molecule has 1 heterocycles. The molecule has 0 radical (unpaired) electrons. The molecular formula is C17H24N2O2. The van der Waals surface area contributed by atoms with Crippen LogP contribution in [0.4, 0.5) is 0 Å². The predicted octanol–water partition coefficient (Wildman–Crippen LogP) is 2.45. The van der Waals surface area contributed by atoms with Gasteiger partial charge in [-0.3, -0.25) is 4.79 Å². The van der Waals surface area contributed by atoms with Gasteiger partial charge < -0.3 is 15.4 Å². The second kappa shape index (κ2) is 6.58. The van der Waals surface area contributed by atoms with Gasteiger partial charge in [-0.05, 0) is 49.1 Å². The van der Waals surface area contributed by atoms with E-state index >= 15 is 0 Å². The fourth-order valence-corrected chi connectivity index (χ4v) is 3.40. The van der Waals surface area contributed by atoms with Gasteiger partial charge in [-0.2, -0.15) is 0 Å². The van der Waals surface area contributed by atoms with Crippen molar-refractivity contribution in [3.8, 4) is 0 Å². The third-order valence-electron chi connectivity index (χ3n) is 4.60. The molecule has 1 aromatic rings. The van der Waals surface area contributed by atoms with Gasteiger partial charge in [0.1, 0.15) is 0 Å². The summed E-state index contributed by atoms with van der Waals surface area (Å²) in [4.78, 5) is 14.9. The Morgan fingerprint density at radius 2 is 2.00 bits per heavy atom. The number of nitrogens with two attached hydrogens (primary N) is 1. The molecule has 0 bridgehead atoms. The Kier molecular flexibility index (Phi) is 4.56. The molecule has 21 heavy (non-hydrogen) atoms. The molecule has 0 aromatic heterocycles. The molecule has 1 fully saturated rings. The van der Waals surface area contributed by atoms with Crippen molar-refractivity contribution in [2.24, 2.45) is 5.73 Å². The van der Waals surface area contributed by atoms with Gasteiger partial charge in [0, 0.05) is 18.2 Å². The van der Waals surface area contributed by atoms with Crippen LogP contribution in [0.5, 0.6) is 0 Å². The fraction of sp³-hybridized carbons (Fsp3) is 0.588. The van der Waals surface area contributed by atoms with Crippen LogP contribution in [0.2, 0.25) is 0 Å². The third-order valence-corrected chi connectivity index (χ3v) is 4.60. The van der Waals surface area contributed by atoms with Crippen LogP contribution in [-0.2, 0) is 18.0 Å². The summed E-state index contributed by atoms with van der Waals surface area (Å²) >= 11 is 0. The smallest absolute Gasteiger partial charge is 0.254 e. The van der Waals surface area contributed by atoms with Crippen molar-refractivity contribution in [2.75, 3.05) is 13.1 Å². The van der Waals surface area contributed by atoms with Crippen LogP contribution in [-0.4, -0.2) is 29.9 Å². The maximum Gasteiger partial charge on any atom is 0.254 e. The molecule has 1 aliphatic heterocycles. The van der Waals surface area contributed by atoms with E-state index in [-0.39, 0.29) is 5.91 Å². The van der Waals surface area contributed by atoms with E-state index in [0.717, 1.165) is 36.9 Å². The van der Waals surface area contributed by atoms with E-state index < -0.39 is 0 Å². The van der Waals surface area contributed by atoms with Crippen LogP contribution < -0.4 is 5.73 Å². The van der Waals surface area contributed by atoms with Crippen molar-refractivity contribution in [3.05, 3.63) is 34.9 Å². The van der Waals surface area contributed by atoms with Gasteiger partial charge in [-0.25, -0.2) is 0 Å². The molecule has 114 valence electrons. The van der Waals surface area contributed by atoms with E-state index in [1.165, 1.54) is 18.4 Å². The highest BCUT2D eigenvalue weighted by Gasteiger charge is 2.27. The van der Waals surface area contributed by atoms with Gasteiger partial charge in [-0.15, -0.1) is 0 Å². The van der Waals surface area contributed by atoms with E-state index in [9.17, 15) is 4.79 Å². The third kappa shape index (κ3) is 3.11. The second-order valence-electron chi connectivity index (χ2n) is 6.06. The highest BCUT2D eigenvalue weighted by molar-refractivity contribution is 5.94. The molecule has 4 nitrogen and oxygen atoms in total. The SMILES string of the molecule is NCCCN(C(=O)c1ccc2c(c1)COC2)C1CCCC1. The summed E-state index contributed by atoms with van der Waals surface area (Å²) in [6.07, 6.45) is 5.59. The monoisotopic (exact) mass is 288 g/mol. The maximum absolute atomic E-state index is 12.9. The Morgan fingerprint density at radius 3 is 2.76 bits per heavy atom. The molecule has 1 amide bonds. The summed E-state index contributed by atoms with van der Waals surface area (Å²) in [7, 11) is 0. The van der Waals surface area contributed by atoms with Crippen LogP contribution in [0.1, 0.15) is 53.6 Å². The van der Waals surface area contributed by atoms with E-state index in [1.807, 2.05) is 18.2 Å². The molecule has 1 saturated carbocycles. The minimum absolute atomic E-state index is 0.157. The van der Waals surface area contributed by atoms with Crippen molar-refractivity contribution >= 4 is 5.91 Å². The van der Waals surface area contributed by atoms with Gasteiger partial charge >= 0.3 is 0 Å². The van der Waals surface area contributed by atoms with Gasteiger partial charge in [0.15, 0.2) is 0 Å². The van der Waals surface area contributed by atoms with Crippen LogP contribution in [0.25, 0.3) is 0 Å². The first-order valence-corrected chi connectivity index (χ1v) is 8.00. The highest BCUT2D eigenvalue weighted by atomic mass is 16.5. The normalized spacial score (nSPS) is 18.0. The number of carbonyl (C=O) groups excluding carboxylic acids is 1. The van der Waals surface area contributed by atoms with Crippen LogP contribution in [0.3, 0.4) is 0 Å². The number of fused-ring (bicyclic) bond motifs is 1. The van der Waals surface area contributed by atoms with E-state index in [4.69, 9.17) is 10.5 Å². The number of benzene rings is 1. The zero-order valence-corrected chi connectivity index (χ0v) is 12.5. The Labute approximate surface area is 126 Å². The van der Waals surface area contributed by atoms with Crippen molar-refractivity contribution in [3.63, 3.8) is 0 Å². The molecule has 4 heteroatoms. The first-order chi connectivity index (χ1) is 10.3. The lowest BCUT2D eigenvalue weighted by atomic mass is 10.0. The first-order valence-electron chi connectivity index (χ1n) is 8.00. The van der Waals surface area contributed by atoms with E-state index in [1.54, 1.807) is 0 Å². The van der Waals surface area contributed by atoms with Gasteiger partial charge in [-0.1, -0.05) is 18.9 Å². The zero-order valence-electron chi connectivity index (χ0n) is 12.5. The Balaban J connectivity index is 1.79. The molecule has 1 aliphatic carbocycles. The zero-order chi connectivity index (χ0) is 14.7. The number of hydrogen-bond donors (Lipinski definition) is 1. The second-order valence-corrected chi connectivity index (χ2v) is 6.06. The van der Waals surface area contributed by atoms with Gasteiger partial charge in [0.2, 0.25) is 0 Å². The Hall–Kier alpha value is -1.39. The molecule has 0 unspecified atom stereocenters. The van der Waals surface area contributed by atoms with Gasteiger partial charge in [0.25, 0.3) is 5.91 Å². The number of hydrogen-bond acceptors (Lipinski definition) is 3. The summed E-state index contributed by atoms with van der Waals surface area (Å²) in [5, 5.41) is 0. The van der Waals surface area contributed by atoms with E-state index in [0.29, 0.717) is 25.8 Å². The molecule has 0 atom stereocenters. The minimum Gasteiger partial charge on any atom is -0.372 e. The van der Waals surface area contributed by atoms with Crippen molar-refractivity contribution < 1.29 is 9.53 Å². The summed E-state index contributed by atoms with van der Waals surface area (Å²) in [5.41, 5.74) is 8.80. The Morgan fingerprint density at radius 1 is 1.24 bits per heavy atom. The number of nitrogens with zero attached hydrogens (tertiary/aromatic N) is 1. The lowest BCUT2D eigenvalue weighted by Crippen LogP contribution is -2.40. The van der Waals surface area contributed by atoms with Crippen LogP contribution >= 0.6 is 0 Å². The Bertz CT molecular complexity index is 510. The quantitative estimate of drug-likeness (QED) is 0.905. The van der Waals surface area contributed by atoms with Crippen LogP contribution in [0.15, 0.2) is 18.2 Å². The number of rotatable bonds is 5. The van der Waals surface area contributed by atoms with Crippen molar-refractivity contribution in [1.29, 1.82) is 0 Å². The standard InChI is InChI=1S/C17H24N2O2/c18-8-3-9-19(16-4-1-2-5-16)17(20)13-6-7-14-11-21-12-15(14)10-13/h6-7,10,16H,1-5,8-9,11-12,18H2. The number of ether oxygens (including phenoxy) is 1. The van der Waals surface area contributed by atoms with Crippen molar-refractivity contribution in [1.82, 2.24) is 4.90 Å². The highest BCUT2D eigenvalue weighted by Crippen LogP contribution is 2.27. The summed E-state index contributed by atoms with van der Waals surface area (Å²) < 4.78 is 5.43. The van der Waals surface area contributed by atoms with Crippen molar-refractivity contribution in [2.45, 2.75) is 51.4 Å². The molecule has 0 saturated heterocycles. The maximum atomic E-state index is 12.9. The topological polar surface area (TPSA) is 55.6 Å². The largest absolute Gasteiger partial charge is 0.372 e. The summed E-state index contributed by atoms with van der Waals surface area (Å²) in [5.74, 6) is 0.157. The number of amides is 1. The molecule has 3 rings (SSSR count). The minimum atomic E-state index is 0.157. The predicted molar refractivity (Wildman–Crippen MR) is 81.9 cm³/mol. The lowest BCUT2D eigenvalue weighted by Gasteiger charge is -2.29. The van der Waals surface area contributed by atoms with E-state index in [2.05, 4.69) is 4.90 Å². The lowest BCUT2D eigenvalue weighted by molar-refractivity contribution is 0.0680. The molecule has 2 aliphatic rings. The van der Waals surface area contributed by atoms with Crippen LogP contribution in [0, 0.1) is 0 Å². The molecular weight excluding hydrogens is 264 g/mol. The van der Waals surface area contributed by atoms with Gasteiger partial charge in [0.05, 0.1) is 13.2 Å². The fourth-order valence-electron chi connectivity index (χ4n) is 3.40. The first kappa shape index (κ1) is 14.5. The molecule has 0 spiro atoms. The summed E-state index contributed by atoms with van der Waals surface area (Å²) in [6, 6.07) is 6.38. The average Bonchev–Trinajstić information content (AvgIpc) is 3.18. The molecule has 2 N–H and O–H groups in total. The summed E-state index contributed by atoms with van der Waals surface area (Å²) in [6.45, 7) is 2.70. The average molecular weight is 288 g/mol. The number of carbonyl (C=O) groups is 1.